The standard InChI is InChI=1S/C15H19N7/c1-4-5-13-20-14(12-9-19-22(3)15(12)21-13)18-8-11-7-16-10(2)6-17-11/h6-7,9H,4-5,8H2,1-3H3,(H,18,20,21). The van der Waals surface area contributed by atoms with Gasteiger partial charge in [-0.25, -0.2) is 9.97 Å². The van der Waals surface area contributed by atoms with Crippen molar-refractivity contribution in [2.24, 2.45) is 7.05 Å². The summed E-state index contributed by atoms with van der Waals surface area (Å²) in [4.78, 5) is 17.8. The molecule has 22 heavy (non-hydrogen) atoms. The lowest BCUT2D eigenvalue weighted by atomic mass is 10.3. The first kappa shape index (κ1) is 14.4. The normalized spacial score (nSPS) is 11.0. The maximum absolute atomic E-state index is 4.61. The molecule has 3 aromatic rings. The Hall–Kier alpha value is -2.57. The summed E-state index contributed by atoms with van der Waals surface area (Å²) in [5.74, 6) is 1.63. The van der Waals surface area contributed by atoms with Gasteiger partial charge in [0.05, 0.1) is 35.7 Å². The van der Waals surface area contributed by atoms with Crippen LogP contribution in [0.3, 0.4) is 0 Å². The van der Waals surface area contributed by atoms with Crippen LogP contribution in [0.1, 0.15) is 30.6 Å². The molecule has 0 radical (unpaired) electrons. The third-order valence-electron chi connectivity index (χ3n) is 3.38. The predicted molar refractivity (Wildman–Crippen MR) is 84.4 cm³/mol. The van der Waals surface area contributed by atoms with Crippen molar-refractivity contribution in [3.8, 4) is 0 Å². The number of fused-ring (bicyclic) bond motifs is 1. The number of nitrogens with zero attached hydrogens (tertiary/aromatic N) is 6. The molecule has 1 N–H and O–H groups in total. The molecule has 0 bridgehead atoms. The van der Waals surface area contributed by atoms with Gasteiger partial charge in [0.25, 0.3) is 0 Å². The quantitative estimate of drug-likeness (QED) is 0.776. The maximum Gasteiger partial charge on any atom is 0.163 e. The summed E-state index contributed by atoms with van der Waals surface area (Å²) in [6.45, 7) is 4.61. The molecule has 0 aliphatic carbocycles. The molecular formula is C15H19N7. The lowest BCUT2D eigenvalue weighted by molar-refractivity contribution is 0.772. The number of hydrogen-bond donors (Lipinski definition) is 1. The van der Waals surface area contributed by atoms with Crippen molar-refractivity contribution in [1.82, 2.24) is 29.7 Å². The largest absolute Gasteiger partial charge is 0.364 e. The summed E-state index contributed by atoms with van der Waals surface area (Å²) in [5, 5.41) is 8.52. The number of aromatic nitrogens is 6. The van der Waals surface area contributed by atoms with Crippen molar-refractivity contribution in [2.45, 2.75) is 33.2 Å². The van der Waals surface area contributed by atoms with E-state index in [1.807, 2.05) is 14.0 Å². The van der Waals surface area contributed by atoms with Crippen molar-refractivity contribution < 1.29 is 0 Å². The van der Waals surface area contributed by atoms with E-state index < -0.39 is 0 Å². The second-order valence-corrected chi connectivity index (χ2v) is 5.25. The van der Waals surface area contributed by atoms with Gasteiger partial charge in [-0.05, 0) is 13.3 Å². The van der Waals surface area contributed by atoms with Crippen LogP contribution in [-0.2, 0) is 20.0 Å². The molecule has 3 rings (SSSR count). The van der Waals surface area contributed by atoms with Crippen LogP contribution in [0.15, 0.2) is 18.6 Å². The molecule has 0 amide bonds. The zero-order valence-corrected chi connectivity index (χ0v) is 13.0. The Morgan fingerprint density at radius 1 is 1.14 bits per heavy atom. The van der Waals surface area contributed by atoms with E-state index in [2.05, 4.69) is 37.3 Å². The topological polar surface area (TPSA) is 81.4 Å². The molecule has 3 heterocycles. The van der Waals surface area contributed by atoms with Crippen molar-refractivity contribution in [3.05, 3.63) is 35.8 Å². The van der Waals surface area contributed by atoms with E-state index >= 15 is 0 Å². The SMILES string of the molecule is CCCc1nc(NCc2cnc(C)cn2)c2cnn(C)c2n1. The molecule has 0 saturated carbocycles. The molecule has 7 heteroatoms. The van der Waals surface area contributed by atoms with E-state index in [4.69, 9.17) is 0 Å². The van der Waals surface area contributed by atoms with Gasteiger partial charge in [0.1, 0.15) is 11.6 Å². The smallest absolute Gasteiger partial charge is 0.163 e. The number of anilines is 1. The van der Waals surface area contributed by atoms with Crippen LogP contribution in [0.5, 0.6) is 0 Å². The Kier molecular flexibility index (Phi) is 3.95. The van der Waals surface area contributed by atoms with Gasteiger partial charge in [0.15, 0.2) is 5.65 Å². The van der Waals surface area contributed by atoms with E-state index in [1.54, 1.807) is 23.3 Å². The van der Waals surface area contributed by atoms with Gasteiger partial charge in [-0.3, -0.25) is 14.6 Å². The molecule has 0 fully saturated rings. The van der Waals surface area contributed by atoms with Gasteiger partial charge in [-0.1, -0.05) is 6.92 Å². The van der Waals surface area contributed by atoms with Crippen LogP contribution in [0.2, 0.25) is 0 Å². The van der Waals surface area contributed by atoms with Crippen molar-refractivity contribution in [1.29, 1.82) is 0 Å². The first-order valence-corrected chi connectivity index (χ1v) is 7.37. The highest BCUT2D eigenvalue weighted by Crippen LogP contribution is 2.20. The minimum Gasteiger partial charge on any atom is -0.364 e. The van der Waals surface area contributed by atoms with E-state index in [0.29, 0.717) is 6.54 Å². The number of aryl methyl sites for hydroxylation is 3. The van der Waals surface area contributed by atoms with Crippen LogP contribution in [-0.4, -0.2) is 29.7 Å². The fourth-order valence-electron chi connectivity index (χ4n) is 2.22. The summed E-state index contributed by atoms with van der Waals surface area (Å²) in [5.41, 5.74) is 2.62. The van der Waals surface area contributed by atoms with Crippen LogP contribution in [0.25, 0.3) is 11.0 Å². The van der Waals surface area contributed by atoms with Crippen molar-refractivity contribution in [2.75, 3.05) is 5.32 Å². The second-order valence-electron chi connectivity index (χ2n) is 5.25. The fraction of sp³-hybridized carbons (Fsp3) is 0.400. The lowest BCUT2D eigenvalue weighted by Crippen LogP contribution is -2.07. The highest BCUT2D eigenvalue weighted by atomic mass is 15.3. The van der Waals surface area contributed by atoms with E-state index in [0.717, 1.165) is 46.9 Å². The van der Waals surface area contributed by atoms with Crippen LogP contribution in [0.4, 0.5) is 5.82 Å². The minimum absolute atomic E-state index is 0.569. The van der Waals surface area contributed by atoms with Crippen LogP contribution >= 0.6 is 0 Å². The molecule has 0 atom stereocenters. The second kappa shape index (κ2) is 6.05. The van der Waals surface area contributed by atoms with Gasteiger partial charge in [-0.2, -0.15) is 5.10 Å². The van der Waals surface area contributed by atoms with Gasteiger partial charge >= 0.3 is 0 Å². The monoisotopic (exact) mass is 297 g/mol. The zero-order chi connectivity index (χ0) is 15.5. The molecule has 0 spiro atoms. The summed E-state index contributed by atoms with van der Waals surface area (Å²) < 4.78 is 1.77. The average molecular weight is 297 g/mol. The van der Waals surface area contributed by atoms with E-state index in [1.165, 1.54) is 0 Å². The Labute approximate surface area is 128 Å². The first-order valence-electron chi connectivity index (χ1n) is 7.37. The molecular weight excluding hydrogens is 278 g/mol. The third-order valence-corrected chi connectivity index (χ3v) is 3.38. The van der Waals surface area contributed by atoms with Gasteiger partial charge in [0.2, 0.25) is 0 Å². The Morgan fingerprint density at radius 2 is 2.00 bits per heavy atom. The molecule has 114 valence electrons. The molecule has 0 aromatic carbocycles. The predicted octanol–water partition coefficient (Wildman–Crippen LogP) is 2.03. The zero-order valence-electron chi connectivity index (χ0n) is 13.0. The summed E-state index contributed by atoms with van der Waals surface area (Å²) in [6, 6.07) is 0. The molecule has 3 aromatic heterocycles. The number of rotatable bonds is 5. The summed E-state index contributed by atoms with van der Waals surface area (Å²) >= 11 is 0. The fourth-order valence-corrected chi connectivity index (χ4v) is 2.22. The van der Waals surface area contributed by atoms with E-state index in [9.17, 15) is 0 Å². The molecule has 0 saturated heterocycles. The summed E-state index contributed by atoms with van der Waals surface area (Å²) in [6.07, 6.45) is 7.18. The Morgan fingerprint density at radius 3 is 2.73 bits per heavy atom. The van der Waals surface area contributed by atoms with Gasteiger partial charge in [0, 0.05) is 19.7 Å². The Balaban J connectivity index is 1.89. The molecule has 0 aliphatic heterocycles. The van der Waals surface area contributed by atoms with Gasteiger partial charge in [-0.15, -0.1) is 0 Å². The third kappa shape index (κ3) is 2.88. The van der Waals surface area contributed by atoms with Crippen LogP contribution < -0.4 is 5.32 Å². The highest BCUT2D eigenvalue weighted by molar-refractivity contribution is 5.86. The van der Waals surface area contributed by atoms with E-state index in [-0.39, 0.29) is 0 Å². The molecule has 7 nitrogen and oxygen atoms in total. The highest BCUT2D eigenvalue weighted by Gasteiger charge is 2.11. The average Bonchev–Trinajstić information content (AvgIpc) is 2.89. The number of nitrogens with one attached hydrogen (secondary N) is 1. The minimum atomic E-state index is 0.569. The first-order chi connectivity index (χ1) is 10.7. The van der Waals surface area contributed by atoms with Crippen LogP contribution in [0, 0.1) is 6.92 Å². The Bertz CT molecular complexity index is 776. The van der Waals surface area contributed by atoms with Crippen molar-refractivity contribution in [3.63, 3.8) is 0 Å². The maximum atomic E-state index is 4.61. The van der Waals surface area contributed by atoms with Gasteiger partial charge < -0.3 is 5.32 Å². The molecule has 0 unspecified atom stereocenters. The lowest BCUT2D eigenvalue weighted by Gasteiger charge is -2.08. The number of hydrogen-bond acceptors (Lipinski definition) is 6. The molecule has 0 aliphatic rings. The summed E-state index contributed by atoms with van der Waals surface area (Å²) in [7, 11) is 1.89. The van der Waals surface area contributed by atoms with Crippen molar-refractivity contribution >= 4 is 16.9 Å².